The van der Waals surface area contributed by atoms with Crippen molar-refractivity contribution in [2.45, 2.75) is 58.1 Å². The molecular formula is C28H29Cl2N7. The van der Waals surface area contributed by atoms with Gasteiger partial charge in [-0.25, -0.2) is 4.68 Å². The Morgan fingerprint density at radius 3 is 2.62 bits per heavy atom. The predicted molar refractivity (Wildman–Crippen MR) is 149 cm³/mol. The van der Waals surface area contributed by atoms with Crippen molar-refractivity contribution < 1.29 is 1.37 Å². The third kappa shape index (κ3) is 5.09. The second-order valence-electron chi connectivity index (χ2n) is 10.3. The van der Waals surface area contributed by atoms with Crippen LogP contribution in [0, 0.1) is 17.2 Å². The van der Waals surface area contributed by atoms with E-state index >= 15 is 0 Å². The fourth-order valence-electron chi connectivity index (χ4n) is 4.00. The van der Waals surface area contributed by atoms with E-state index in [0.29, 0.717) is 55.2 Å². The fourth-order valence-corrected chi connectivity index (χ4v) is 4.50. The Balaban J connectivity index is 1.66. The van der Waals surface area contributed by atoms with Crippen LogP contribution in [0.15, 0.2) is 48.8 Å². The number of rotatable bonds is 8. The highest BCUT2D eigenvalue weighted by Gasteiger charge is 2.28. The summed E-state index contributed by atoms with van der Waals surface area (Å²) in [6.07, 6.45) is 5.43. The molecule has 1 fully saturated rings. The lowest BCUT2D eigenvalue weighted by molar-refractivity contribution is 0.408. The minimum absolute atomic E-state index is 0.282. The van der Waals surface area contributed by atoms with Crippen molar-refractivity contribution in [2.75, 3.05) is 10.6 Å². The number of benzene rings is 2. The van der Waals surface area contributed by atoms with E-state index in [1.165, 1.54) is 6.20 Å². The molecule has 4 aromatic rings. The molecule has 37 heavy (non-hydrogen) atoms. The molecule has 2 heterocycles. The Morgan fingerprint density at radius 1 is 1.19 bits per heavy atom. The molecule has 0 bridgehead atoms. The summed E-state index contributed by atoms with van der Waals surface area (Å²) in [6, 6.07) is 11.8. The van der Waals surface area contributed by atoms with E-state index < -0.39 is 6.02 Å². The number of anilines is 2. The molecule has 7 nitrogen and oxygen atoms in total. The molecule has 2 N–H and O–H groups in total. The lowest BCUT2D eigenvalue weighted by Gasteiger charge is -2.32. The molecule has 0 amide bonds. The van der Waals surface area contributed by atoms with Gasteiger partial charge >= 0.3 is 0 Å². The van der Waals surface area contributed by atoms with Crippen molar-refractivity contribution in [1.29, 1.82) is 5.26 Å². The lowest BCUT2D eigenvalue weighted by Crippen LogP contribution is -2.37. The molecule has 1 atom stereocenters. The quantitative estimate of drug-likeness (QED) is 0.245. The molecule has 0 aliphatic heterocycles. The second-order valence-corrected chi connectivity index (χ2v) is 11.1. The molecule has 1 saturated carbocycles. The topological polar surface area (TPSA) is 91.5 Å². The van der Waals surface area contributed by atoms with Crippen molar-refractivity contribution >= 4 is 45.5 Å². The van der Waals surface area contributed by atoms with Gasteiger partial charge in [0, 0.05) is 27.8 Å². The van der Waals surface area contributed by atoms with E-state index in [4.69, 9.17) is 23.2 Å². The van der Waals surface area contributed by atoms with Crippen LogP contribution in [0.5, 0.6) is 0 Å². The van der Waals surface area contributed by atoms with E-state index in [1.807, 2.05) is 22.9 Å². The second kappa shape index (κ2) is 9.85. The molecule has 1 aliphatic rings. The highest BCUT2D eigenvalue weighted by Crippen LogP contribution is 2.39. The van der Waals surface area contributed by atoms with Gasteiger partial charge in [-0.15, -0.1) is 5.10 Å². The number of nitriles is 1. The minimum atomic E-state index is -1.56. The summed E-state index contributed by atoms with van der Waals surface area (Å²) in [6.45, 7) is 8.42. The average Bonchev–Trinajstić information content (AvgIpc) is 3.60. The number of hydrogen-bond donors (Lipinski definition) is 2. The molecule has 0 spiro atoms. The van der Waals surface area contributed by atoms with Crippen molar-refractivity contribution in [1.82, 2.24) is 20.0 Å². The van der Waals surface area contributed by atoms with E-state index in [1.54, 1.807) is 24.4 Å². The first-order chi connectivity index (χ1) is 18.0. The number of fused-ring (bicyclic) bond motifs is 1. The Hall–Kier alpha value is -3.34. The largest absolute Gasteiger partial charge is 0.378 e. The first-order valence-electron chi connectivity index (χ1n) is 12.8. The maximum atomic E-state index is 9.88. The van der Waals surface area contributed by atoms with Crippen LogP contribution in [-0.4, -0.2) is 25.5 Å². The zero-order chi connectivity index (χ0) is 27.2. The maximum absolute atomic E-state index is 9.88. The number of nitrogens with zero attached hydrogens (tertiary/aromatic N) is 5. The summed E-state index contributed by atoms with van der Waals surface area (Å²) in [7, 11) is 0. The molecule has 1 unspecified atom stereocenters. The van der Waals surface area contributed by atoms with E-state index in [2.05, 4.69) is 59.7 Å². The van der Waals surface area contributed by atoms with Crippen LogP contribution in [-0.2, 0) is 0 Å². The van der Waals surface area contributed by atoms with Crippen LogP contribution >= 0.6 is 23.2 Å². The summed E-state index contributed by atoms with van der Waals surface area (Å²) >= 11 is 13.3. The molecule has 0 radical (unpaired) electrons. The SMILES string of the molecule is [2H]C(Nc1cc(Cl)c2ncc(C#N)c(NC(C)(C)C(C)C)c2c1)(c1cn(C2CC2)nn1)c1ccccc1Cl. The summed E-state index contributed by atoms with van der Waals surface area (Å²) in [5.74, 6) is 0.282. The van der Waals surface area contributed by atoms with Gasteiger partial charge in [-0.2, -0.15) is 5.26 Å². The van der Waals surface area contributed by atoms with Crippen molar-refractivity contribution in [3.63, 3.8) is 0 Å². The Morgan fingerprint density at radius 2 is 1.95 bits per heavy atom. The van der Waals surface area contributed by atoms with Gasteiger partial charge in [0.1, 0.15) is 11.8 Å². The van der Waals surface area contributed by atoms with E-state index in [-0.39, 0.29) is 11.5 Å². The molecule has 2 aromatic heterocycles. The predicted octanol–water partition coefficient (Wildman–Crippen LogP) is 7.39. The van der Waals surface area contributed by atoms with Gasteiger partial charge in [0.25, 0.3) is 0 Å². The average molecular weight is 536 g/mol. The summed E-state index contributed by atoms with van der Waals surface area (Å²) in [5.41, 5.74) is 2.81. The number of aromatic nitrogens is 4. The number of pyridine rings is 1. The number of nitrogens with one attached hydrogen (secondary N) is 2. The molecular weight excluding hydrogens is 505 g/mol. The molecule has 1 aliphatic carbocycles. The zero-order valence-corrected chi connectivity index (χ0v) is 22.7. The molecule has 2 aromatic carbocycles. The normalized spacial score (nSPS) is 15.8. The third-order valence-corrected chi connectivity index (χ3v) is 7.65. The smallest absolute Gasteiger partial charge is 0.110 e. The highest BCUT2D eigenvalue weighted by atomic mass is 35.5. The van der Waals surface area contributed by atoms with Gasteiger partial charge in [-0.05, 0) is 56.4 Å². The summed E-state index contributed by atoms with van der Waals surface area (Å²) in [5, 5.41) is 26.9. The number of halogens is 2. The molecule has 9 heteroatoms. The maximum Gasteiger partial charge on any atom is 0.110 e. The lowest BCUT2D eigenvalue weighted by atomic mass is 9.90. The first-order valence-corrected chi connectivity index (χ1v) is 13.0. The van der Waals surface area contributed by atoms with Crippen LogP contribution in [0.1, 0.15) is 70.8 Å². The summed E-state index contributed by atoms with van der Waals surface area (Å²) in [4.78, 5) is 4.47. The van der Waals surface area contributed by atoms with Crippen LogP contribution in [0.3, 0.4) is 0 Å². The monoisotopic (exact) mass is 534 g/mol. The van der Waals surface area contributed by atoms with Crippen molar-refractivity contribution in [2.24, 2.45) is 5.92 Å². The molecule has 190 valence electrons. The van der Waals surface area contributed by atoms with Gasteiger partial charge in [0.2, 0.25) is 0 Å². The summed E-state index contributed by atoms with van der Waals surface area (Å²) < 4.78 is 11.4. The van der Waals surface area contributed by atoms with Crippen LogP contribution < -0.4 is 10.6 Å². The minimum Gasteiger partial charge on any atom is -0.378 e. The van der Waals surface area contributed by atoms with Crippen molar-refractivity contribution in [3.8, 4) is 6.07 Å². The van der Waals surface area contributed by atoms with Crippen LogP contribution in [0.25, 0.3) is 10.9 Å². The number of hydrogen-bond acceptors (Lipinski definition) is 6. The third-order valence-electron chi connectivity index (χ3n) is 7.04. The van der Waals surface area contributed by atoms with Gasteiger partial charge in [0.05, 0.1) is 41.4 Å². The van der Waals surface area contributed by atoms with Gasteiger partial charge in [-0.1, -0.05) is 60.5 Å². The van der Waals surface area contributed by atoms with Gasteiger partial charge in [-0.3, -0.25) is 4.98 Å². The Bertz CT molecular complexity index is 1550. The molecule has 5 rings (SSSR count). The van der Waals surface area contributed by atoms with Crippen molar-refractivity contribution in [3.05, 3.63) is 75.7 Å². The molecule has 0 saturated heterocycles. The van der Waals surface area contributed by atoms with E-state index in [0.717, 1.165) is 12.8 Å². The fraction of sp³-hybridized carbons (Fsp3) is 0.357. The first kappa shape index (κ1) is 24.0. The zero-order valence-electron chi connectivity index (χ0n) is 22.2. The Labute approximate surface area is 228 Å². The standard InChI is InChI=1S/C28H29Cl2N7/c1-16(2)28(3,4)34-25-17(13-31)14-32-26-21(25)11-18(12-23(26)30)33-27(20-7-5-6-8-22(20)29)24-15-37(36-35-24)19-9-10-19/h5-8,11-12,14-16,19,27,33H,9-10H2,1-4H3,(H,32,34)/i27D. The Kier molecular flexibility index (Phi) is 6.39. The van der Waals surface area contributed by atoms with Gasteiger partial charge < -0.3 is 10.6 Å². The van der Waals surface area contributed by atoms with Gasteiger partial charge in [0.15, 0.2) is 0 Å². The van der Waals surface area contributed by atoms with Crippen LogP contribution in [0.2, 0.25) is 10.0 Å². The van der Waals surface area contributed by atoms with Crippen LogP contribution in [0.4, 0.5) is 11.4 Å². The highest BCUT2D eigenvalue weighted by molar-refractivity contribution is 6.36. The van der Waals surface area contributed by atoms with E-state index in [9.17, 15) is 6.63 Å².